The molecule has 1 amide bonds. The molecule has 0 radical (unpaired) electrons. The summed E-state index contributed by atoms with van der Waals surface area (Å²) in [5, 5.41) is 2.90. The van der Waals surface area contributed by atoms with E-state index in [-0.39, 0.29) is 12.5 Å². The molecule has 0 atom stereocenters. The molecule has 4 nitrogen and oxygen atoms in total. The van der Waals surface area contributed by atoms with E-state index < -0.39 is 0 Å². The summed E-state index contributed by atoms with van der Waals surface area (Å²) < 4.78 is 0.866. The van der Waals surface area contributed by atoms with Crippen LogP contribution in [-0.4, -0.2) is 19.0 Å². The second-order valence-electron chi connectivity index (χ2n) is 4.64. The average molecular weight is 348 g/mol. The van der Waals surface area contributed by atoms with Gasteiger partial charge in [-0.3, -0.25) is 4.79 Å². The van der Waals surface area contributed by atoms with Gasteiger partial charge in [-0.25, -0.2) is 0 Å². The monoisotopic (exact) mass is 347 g/mol. The Hall–Kier alpha value is -2.01. The molecule has 0 heterocycles. The number of halogens is 1. The second kappa shape index (κ2) is 7.13. The molecule has 2 aromatic rings. The number of para-hydroxylation sites is 1. The van der Waals surface area contributed by atoms with Crippen LogP contribution in [0.15, 0.2) is 53.0 Å². The number of rotatable bonds is 5. The van der Waals surface area contributed by atoms with Gasteiger partial charge in [0.05, 0.1) is 12.2 Å². The van der Waals surface area contributed by atoms with Crippen LogP contribution in [0, 0.1) is 0 Å². The van der Waals surface area contributed by atoms with Crippen LogP contribution in [0.5, 0.6) is 0 Å². The van der Waals surface area contributed by atoms with Crippen molar-refractivity contribution in [1.29, 1.82) is 0 Å². The highest BCUT2D eigenvalue weighted by atomic mass is 79.9. The summed E-state index contributed by atoms with van der Waals surface area (Å²) in [6, 6.07) is 15.1. The summed E-state index contributed by atoms with van der Waals surface area (Å²) >= 11 is 3.42. The molecule has 110 valence electrons. The van der Waals surface area contributed by atoms with Crippen LogP contribution in [0.4, 0.5) is 17.1 Å². The maximum Gasteiger partial charge on any atom is 0.243 e. The molecule has 0 spiro atoms. The van der Waals surface area contributed by atoms with Gasteiger partial charge in [-0.05, 0) is 53.2 Å². The van der Waals surface area contributed by atoms with E-state index in [1.165, 1.54) is 0 Å². The maximum absolute atomic E-state index is 12.2. The van der Waals surface area contributed by atoms with Gasteiger partial charge in [0.15, 0.2) is 0 Å². The van der Waals surface area contributed by atoms with Crippen molar-refractivity contribution in [2.24, 2.45) is 0 Å². The van der Waals surface area contributed by atoms with Crippen molar-refractivity contribution >= 4 is 38.9 Å². The first-order valence-corrected chi connectivity index (χ1v) is 7.54. The number of nitrogen functional groups attached to an aromatic ring is 1. The fourth-order valence-corrected chi connectivity index (χ4v) is 2.42. The normalized spacial score (nSPS) is 10.2. The zero-order valence-corrected chi connectivity index (χ0v) is 13.4. The highest BCUT2D eigenvalue weighted by Gasteiger charge is 2.11. The van der Waals surface area contributed by atoms with Crippen molar-refractivity contribution in [3.05, 3.63) is 53.0 Å². The predicted octanol–water partition coefficient (Wildman–Crippen LogP) is 3.50. The molecular formula is C16H18BrN3O. The van der Waals surface area contributed by atoms with Gasteiger partial charge in [0.2, 0.25) is 5.91 Å². The highest BCUT2D eigenvalue weighted by Crippen LogP contribution is 2.22. The molecule has 0 fully saturated rings. The van der Waals surface area contributed by atoms with Crippen molar-refractivity contribution in [2.75, 3.05) is 29.0 Å². The Bertz CT molecular complexity index is 630. The van der Waals surface area contributed by atoms with Crippen LogP contribution >= 0.6 is 15.9 Å². The number of nitrogens with two attached hydrogens (primary N) is 1. The third kappa shape index (κ3) is 4.23. The fraction of sp³-hybridized carbons (Fsp3) is 0.188. The molecule has 5 heteroatoms. The summed E-state index contributed by atoms with van der Waals surface area (Å²) in [5.41, 5.74) is 8.20. The summed E-state index contributed by atoms with van der Waals surface area (Å²) in [6.07, 6.45) is 0. The minimum Gasteiger partial charge on any atom is -0.399 e. The molecule has 0 saturated carbocycles. The summed E-state index contributed by atoms with van der Waals surface area (Å²) in [5.74, 6) is -0.0637. The number of benzene rings is 2. The van der Waals surface area contributed by atoms with E-state index in [4.69, 9.17) is 5.73 Å². The Balaban J connectivity index is 2.05. The molecule has 0 aliphatic carbocycles. The van der Waals surface area contributed by atoms with Gasteiger partial charge >= 0.3 is 0 Å². The van der Waals surface area contributed by atoms with Gasteiger partial charge < -0.3 is 16.0 Å². The lowest BCUT2D eigenvalue weighted by molar-refractivity contribution is -0.115. The van der Waals surface area contributed by atoms with Gasteiger partial charge in [-0.15, -0.1) is 0 Å². The quantitative estimate of drug-likeness (QED) is 0.813. The van der Waals surface area contributed by atoms with Gasteiger partial charge in [0.25, 0.3) is 0 Å². The van der Waals surface area contributed by atoms with Crippen molar-refractivity contribution in [2.45, 2.75) is 6.92 Å². The number of hydrogen-bond donors (Lipinski definition) is 2. The second-order valence-corrected chi connectivity index (χ2v) is 5.49. The molecule has 0 saturated heterocycles. The van der Waals surface area contributed by atoms with Gasteiger partial charge in [0.1, 0.15) is 0 Å². The third-order valence-corrected chi connectivity index (χ3v) is 3.79. The molecule has 21 heavy (non-hydrogen) atoms. The number of likely N-dealkylation sites (N-methyl/N-ethyl adjacent to an activating group) is 1. The Labute approximate surface area is 133 Å². The van der Waals surface area contributed by atoms with E-state index >= 15 is 0 Å². The van der Waals surface area contributed by atoms with E-state index in [2.05, 4.69) is 21.2 Å². The van der Waals surface area contributed by atoms with Gasteiger partial charge in [-0.1, -0.05) is 18.2 Å². The highest BCUT2D eigenvalue weighted by molar-refractivity contribution is 9.10. The molecule has 2 aromatic carbocycles. The number of amides is 1. The average Bonchev–Trinajstić information content (AvgIpc) is 2.47. The molecular weight excluding hydrogens is 330 g/mol. The Morgan fingerprint density at radius 1 is 1.24 bits per heavy atom. The zero-order chi connectivity index (χ0) is 15.2. The van der Waals surface area contributed by atoms with E-state index in [1.54, 1.807) is 0 Å². The number of nitrogens with zero attached hydrogens (tertiary/aromatic N) is 1. The Morgan fingerprint density at radius 3 is 2.67 bits per heavy atom. The SMILES string of the molecule is CCN(CC(=O)Nc1ccccc1Br)c1cccc(N)c1. The van der Waals surface area contributed by atoms with Crippen molar-refractivity contribution in [3.63, 3.8) is 0 Å². The van der Waals surface area contributed by atoms with Gasteiger partial charge in [0, 0.05) is 22.4 Å². The van der Waals surface area contributed by atoms with E-state index in [0.29, 0.717) is 5.69 Å². The first-order chi connectivity index (χ1) is 10.1. The van der Waals surface area contributed by atoms with Gasteiger partial charge in [-0.2, -0.15) is 0 Å². The lowest BCUT2D eigenvalue weighted by Gasteiger charge is -2.23. The van der Waals surface area contributed by atoms with Crippen molar-refractivity contribution < 1.29 is 4.79 Å². The van der Waals surface area contributed by atoms with Crippen LogP contribution in [0.1, 0.15) is 6.92 Å². The van der Waals surface area contributed by atoms with E-state index in [9.17, 15) is 4.79 Å². The lowest BCUT2D eigenvalue weighted by atomic mass is 10.2. The van der Waals surface area contributed by atoms with E-state index in [1.807, 2.05) is 60.4 Å². The summed E-state index contributed by atoms with van der Waals surface area (Å²) in [6.45, 7) is 3.02. The first kappa shape index (κ1) is 15.4. The number of anilines is 3. The molecule has 0 aromatic heterocycles. The largest absolute Gasteiger partial charge is 0.399 e. The van der Waals surface area contributed by atoms with Crippen molar-refractivity contribution in [1.82, 2.24) is 0 Å². The molecule has 3 N–H and O–H groups in total. The lowest BCUT2D eigenvalue weighted by Crippen LogP contribution is -2.33. The van der Waals surface area contributed by atoms with Crippen LogP contribution in [0.2, 0.25) is 0 Å². The minimum atomic E-state index is -0.0637. The molecule has 0 bridgehead atoms. The molecule has 0 unspecified atom stereocenters. The topological polar surface area (TPSA) is 58.4 Å². The predicted molar refractivity (Wildman–Crippen MR) is 91.5 cm³/mol. The van der Waals surface area contributed by atoms with Crippen LogP contribution in [-0.2, 0) is 4.79 Å². The number of nitrogens with one attached hydrogen (secondary N) is 1. The number of carbonyl (C=O) groups is 1. The van der Waals surface area contributed by atoms with Crippen LogP contribution in [0.3, 0.4) is 0 Å². The van der Waals surface area contributed by atoms with Crippen LogP contribution in [0.25, 0.3) is 0 Å². The minimum absolute atomic E-state index is 0.0637. The fourth-order valence-electron chi connectivity index (χ4n) is 2.03. The maximum atomic E-state index is 12.2. The molecule has 2 rings (SSSR count). The Morgan fingerprint density at radius 2 is 2.00 bits per heavy atom. The number of carbonyl (C=O) groups excluding carboxylic acids is 1. The smallest absolute Gasteiger partial charge is 0.243 e. The number of hydrogen-bond acceptors (Lipinski definition) is 3. The summed E-state index contributed by atoms with van der Waals surface area (Å²) in [4.78, 5) is 14.2. The molecule has 0 aliphatic heterocycles. The third-order valence-electron chi connectivity index (χ3n) is 3.10. The molecule has 0 aliphatic rings. The van der Waals surface area contributed by atoms with Crippen LogP contribution < -0.4 is 16.0 Å². The van der Waals surface area contributed by atoms with Crippen molar-refractivity contribution in [3.8, 4) is 0 Å². The standard InChI is InChI=1S/C16H18BrN3O/c1-2-20(13-7-5-6-12(18)10-13)11-16(21)19-15-9-4-3-8-14(15)17/h3-10H,2,11,18H2,1H3,(H,19,21). The summed E-state index contributed by atoms with van der Waals surface area (Å²) in [7, 11) is 0. The first-order valence-electron chi connectivity index (χ1n) is 6.75. The Kier molecular flexibility index (Phi) is 5.22. The zero-order valence-electron chi connectivity index (χ0n) is 11.8. The van der Waals surface area contributed by atoms with E-state index in [0.717, 1.165) is 22.4 Å².